The van der Waals surface area contributed by atoms with Gasteiger partial charge in [-0.25, -0.2) is 4.98 Å². The van der Waals surface area contributed by atoms with Gasteiger partial charge in [0.2, 0.25) is 5.91 Å². The Bertz CT molecular complexity index is 679. The SMILES string of the molecule is Cc1ccccc1CS[C@@H](C)C(=O)Nc1ncc(Cl)cc1Cl. The molecule has 0 bridgehead atoms. The Morgan fingerprint density at radius 2 is 2.09 bits per heavy atom. The van der Waals surface area contributed by atoms with E-state index >= 15 is 0 Å². The van der Waals surface area contributed by atoms with Crippen LogP contribution in [-0.2, 0) is 10.5 Å². The van der Waals surface area contributed by atoms with Gasteiger partial charge in [0.25, 0.3) is 0 Å². The molecular formula is C16H16Cl2N2OS. The van der Waals surface area contributed by atoms with Crippen LogP contribution in [0, 0.1) is 6.92 Å². The number of hydrogen-bond acceptors (Lipinski definition) is 3. The molecule has 1 heterocycles. The molecule has 0 aliphatic carbocycles. The van der Waals surface area contributed by atoms with Crippen LogP contribution in [-0.4, -0.2) is 16.1 Å². The lowest BCUT2D eigenvalue weighted by Gasteiger charge is -2.13. The summed E-state index contributed by atoms with van der Waals surface area (Å²) in [5, 5.41) is 3.28. The highest BCUT2D eigenvalue weighted by Crippen LogP contribution is 2.25. The summed E-state index contributed by atoms with van der Waals surface area (Å²) in [6, 6.07) is 9.71. The zero-order chi connectivity index (χ0) is 16.1. The lowest BCUT2D eigenvalue weighted by atomic mass is 10.1. The number of anilines is 1. The van der Waals surface area contributed by atoms with E-state index in [9.17, 15) is 4.79 Å². The summed E-state index contributed by atoms with van der Waals surface area (Å²) in [5.41, 5.74) is 2.46. The second-order valence-corrected chi connectivity index (χ2v) is 7.03. The van der Waals surface area contributed by atoms with Gasteiger partial charge in [-0.05, 0) is 31.0 Å². The Balaban J connectivity index is 1.93. The molecule has 3 nitrogen and oxygen atoms in total. The summed E-state index contributed by atoms with van der Waals surface area (Å²) >= 11 is 13.4. The fourth-order valence-corrected chi connectivity index (χ4v) is 3.18. The molecule has 6 heteroatoms. The van der Waals surface area contributed by atoms with Crippen LogP contribution in [0.2, 0.25) is 10.0 Å². The van der Waals surface area contributed by atoms with Crippen LogP contribution in [0.15, 0.2) is 36.5 Å². The first-order valence-electron chi connectivity index (χ1n) is 6.75. The summed E-state index contributed by atoms with van der Waals surface area (Å²) in [4.78, 5) is 16.2. The van der Waals surface area contributed by atoms with Crippen LogP contribution < -0.4 is 5.32 Å². The maximum absolute atomic E-state index is 12.2. The van der Waals surface area contributed by atoms with Gasteiger partial charge < -0.3 is 5.32 Å². The minimum absolute atomic E-state index is 0.129. The van der Waals surface area contributed by atoms with Crippen molar-refractivity contribution in [2.45, 2.75) is 24.9 Å². The third-order valence-corrected chi connectivity index (χ3v) is 4.86. The Morgan fingerprint density at radius 3 is 2.77 bits per heavy atom. The van der Waals surface area contributed by atoms with Crippen LogP contribution in [0.25, 0.3) is 0 Å². The highest BCUT2D eigenvalue weighted by Gasteiger charge is 2.16. The van der Waals surface area contributed by atoms with E-state index in [0.717, 1.165) is 5.75 Å². The highest BCUT2D eigenvalue weighted by atomic mass is 35.5. The number of carbonyl (C=O) groups is 1. The van der Waals surface area contributed by atoms with Crippen LogP contribution >= 0.6 is 35.0 Å². The number of nitrogens with one attached hydrogen (secondary N) is 1. The Labute approximate surface area is 144 Å². The van der Waals surface area contributed by atoms with Crippen molar-refractivity contribution in [3.05, 3.63) is 57.7 Å². The van der Waals surface area contributed by atoms with E-state index in [-0.39, 0.29) is 11.2 Å². The number of aromatic nitrogens is 1. The van der Waals surface area contributed by atoms with Crippen molar-refractivity contribution in [3.63, 3.8) is 0 Å². The van der Waals surface area contributed by atoms with Crippen molar-refractivity contribution in [2.24, 2.45) is 0 Å². The van der Waals surface area contributed by atoms with Gasteiger partial charge in [-0.1, -0.05) is 47.5 Å². The molecule has 2 rings (SSSR count). The number of carbonyl (C=O) groups excluding carboxylic acids is 1. The molecule has 1 N–H and O–H groups in total. The van der Waals surface area contributed by atoms with E-state index in [1.165, 1.54) is 17.3 Å². The molecule has 1 atom stereocenters. The molecular weight excluding hydrogens is 339 g/mol. The molecule has 0 radical (unpaired) electrons. The lowest BCUT2D eigenvalue weighted by Crippen LogP contribution is -2.23. The van der Waals surface area contributed by atoms with Gasteiger partial charge in [0, 0.05) is 11.9 Å². The van der Waals surface area contributed by atoms with Gasteiger partial charge in [-0.2, -0.15) is 0 Å². The van der Waals surface area contributed by atoms with Crippen LogP contribution in [0.4, 0.5) is 5.82 Å². The van der Waals surface area contributed by atoms with Gasteiger partial charge in [0.1, 0.15) is 0 Å². The first-order chi connectivity index (χ1) is 10.5. The van der Waals surface area contributed by atoms with E-state index in [1.54, 1.807) is 17.8 Å². The number of rotatable bonds is 5. The zero-order valence-electron chi connectivity index (χ0n) is 12.3. The van der Waals surface area contributed by atoms with Crippen molar-refractivity contribution in [2.75, 3.05) is 5.32 Å². The molecule has 116 valence electrons. The van der Waals surface area contributed by atoms with Crippen LogP contribution in [0.1, 0.15) is 18.1 Å². The monoisotopic (exact) mass is 354 g/mol. The quantitative estimate of drug-likeness (QED) is 0.825. The van der Waals surface area contributed by atoms with Crippen molar-refractivity contribution >= 4 is 46.7 Å². The van der Waals surface area contributed by atoms with Gasteiger partial charge in [-0.15, -0.1) is 11.8 Å². The summed E-state index contributed by atoms with van der Waals surface area (Å²) in [5.74, 6) is 0.984. The zero-order valence-corrected chi connectivity index (χ0v) is 14.6. The largest absolute Gasteiger partial charge is 0.308 e. The van der Waals surface area contributed by atoms with Gasteiger partial charge >= 0.3 is 0 Å². The minimum atomic E-state index is -0.215. The van der Waals surface area contributed by atoms with Crippen molar-refractivity contribution in [1.82, 2.24) is 4.98 Å². The maximum Gasteiger partial charge on any atom is 0.238 e. The number of amides is 1. The summed E-state index contributed by atoms with van der Waals surface area (Å²) in [6.45, 7) is 3.93. The highest BCUT2D eigenvalue weighted by molar-refractivity contribution is 7.99. The predicted molar refractivity (Wildman–Crippen MR) is 94.8 cm³/mol. The number of thioether (sulfide) groups is 1. The molecule has 0 saturated heterocycles. The molecule has 1 aromatic heterocycles. The van der Waals surface area contributed by atoms with Crippen LogP contribution in [0.3, 0.4) is 0 Å². The fourth-order valence-electron chi connectivity index (χ4n) is 1.79. The van der Waals surface area contributed by atoms with E-state index < -0.39 is 0 Å². The fraction of sp³-hybridized carbons (Fsp3) is 0.250. The number of benzene rings is 1. The van der Waals surface area contributed by atoms with Crippen molar-refractivity contribution in [3.8, 4) is 0 Å². The number of aryl methyl sites for hydroxylation is 1. The van der Waals surface area contributed by atoms with Gasteiger partial charge in [0.05, 0.1) is 15.3 Å². The normalized spacial score (nSPS) is 12.0. The van der Waals surface area contributed by atoms with E-state index in [1.807, 2.05) is 19.1 Å². The smallest absolute Gasteiger partial charge is 0.238 e. The molecule has 0 aliphatic heterocycles. The Kier molecular flexibility index (Phi) is 6.12. The van der Waals surface area contributed by atoms with Crippen molar-refractivity contribution < 1.29 is 4.79 Å². The van der Waals surface area contributed by atoms with E-state index in [0.29, 0.717) is 15.9 Å². The number of nitrogens with zero attached hydrogens (tertiary/aromatic N) is 1. The first kappa shape index (κ1) is 17.1. The first-order valence-corrected chi connectivity index (χ1v) is 8.56. The number of halogens is 2. The molecule has 0 saturated carbocycles. The van der Waals surface area contributed by atoms with E-state index in [2.05, 4.69) is 29.4 Å². The molecule has 0 unspecified atom stereocenters. The summed E-state index contributed by atoms with van der Waals surface area (Å²) < 4.78 is 0. The molecule has 0 fully saturated rings. The molecule has 2 aromatic rings. The second kappa shape index (κ2) is 7.86. The second-order valence-electron chi connectivity index (χ2n) is 4.85. The van der Waals surface area contributed by atoms with Gasteiger partial charge in [0.15, 0.2) is 5.82 Å². The average molecular weight is 355 g/mol. The van der Waals surface area contributed by atoms with Gasteiger partial charge in [-0.3, -0.25) is 4.79 Å². The third kappa shape index (κ3) is 4.63. The topological polar surface area (TPSA) is 42.0 Å². The molecule has 1 aromatic carbocycles. The maximum atomic E-state index is 12.2. The third-order valence-electron chi connectivity index (χ3n) is 3.17. The summed E-state index contributed by atoms with van der Waals surface area (Å²) in [6.07, 6.45) is 1.45. The Hall–Kier alpha value is -1.23. The molecule has 1 amide bonds. The van der Waals surface area contributed by atoms with Crippen LogP contribution in [0.5, 0.6) is 0 Å². The molecule has 0 aliphatic rings. The number of hydrogen-bond donors (Lipinski definition) is 1. The minimum Gasteiger partial charge on any atom is -0.308 e. The molecule has 22 heavy (non-hydrogen) atoms. The lowest BCUT2D eigenvalue weighted by molar-refractivity contribution is -0.115. The predicted octanol–water partition coefficient (Wildman–Crippen LogP) is 4.96. The summed E-state index contributed by atoms with van der Waals surface area (Å²) in [7, 11) is 0. The molecule has 0 spiro atoms. The van der Waals surface area contributed by atoms with Crippen molar-refractivity contribution in [1.29, 1.82) is 0 Å². The standard InChI is InChI=1S/C16H16Cl2N2OS/c1-10-5-3-4-6-12(10)9-22-11(2)16(21)20-15-14(18)7-13(17)8-19-15/h3-8,11H,9H2,1-2H3,(H,19,20,21)/t11-/m0/s1. The Morgan fingerprint density at radius 1 is 1.36 bits per heavy atom. The number of pyridine rings is 1. The van der Waals surface area contributed by atoms with E-state index in [4.69, 9.17) is 23.2 Å². The average Bonchev–Trinajstić information content (AvgIpc) is 2.49.